The molecule has 1 aliphatic heterocycles. The van der Waals surface area contributed by atoms with Crippen molar-refractivity contribution in [3.63, 3.8) is 0 Å². The number of piperazine rings is 1. The van der Waals surface area contributed by atoms with E-state index in [9.17, 15) is 0 Å². The zero-order valence-corrected chi connectivity index (χ0v) is 17.6. The van der Waals surface area contributed by atoms with Gasteiger partial charge in [0.1, 0.15) is 11.6 Å². The zero-order chi connectivity index (χ0) is 20.2. The second kappa shape index (κ2) is 8.91. The summed E-state index contributed by atoms with van der Waals surface area (Å²) >= 11 is 12.7. The minimum atomic E-state index is 0.573. The van der Waals surface area contributed by atoms with Crippen LogP contribution in [0.4, 0.5) is 17.2 Å². The Hall–Kier alpha value is -2.47. The molecule has 3 aromatic rings. The number of aromatic nitrogens is 1. The van der Waals surface area contributed by atoms with Crippen LogP contribution < -0.4 is 20.3 Å². The summed E-state index contributed by atoms with van der Waals surface area (Å²) in [4.78, 5) is 7.02. The molecular weight excluding hydrogens is 407 g/mol. The van der Waals surface area contributed by atoms with Gasteiger partial charge in [-0.05, 0) is 36.4 Å². The summed E-state index contributed by atoms with van der Waals surface area (Å²) in [6, 6.07) is 17.3. The highest BCUT2D eigenvalue weighted by molar-refractivity contribution is 6.39. The number of pyridine rings is 1. The van der Waals surface area contributed by atoms with Crippen molar-refractivity contribution in [3.8, 4) is 17.0 Å². The molecule has 0 unspecified atom stereocenters. The first-order valence-electron chi connectivity index (χ1n) is 9.48. The summed E-state index contributed by atoms with van der Waals surface area (Å²) in [5.41, 5.74) is 3.45. The van der Waals surface area contributed by atoms with Crippen LogP contribution in [-0.4, -0.2) is 38.3 Å². The van der Waals surface area contributed by atoms with Crippen molar-refractivity contribution >= 4 is 40.4 Å². The van der Waals surface area contributed by atoms with Gasteiger partial charge in [0.15, 0.2) is 0 Å². The predicted molar refractivity (Wildman–Crippen MR) is 121 cm³/mol. The van der Waals surface area contributed by atoms with Gasteiger partial charge >= 0.3 is 0 Å². The molecule has 1 aliphatic rings. The third kappa shape index (κ3) is 4.42. The molecule has 0 aliphatic carbocycles. The number of halogens is 2. The zero-order valence-electron chi connectivity index (χ0n) is 16.1. The van der Waals surface area contributed by atoms with Crippen LogP contribution in [0.5, 0.6) is 5.75 Å². The molecule has 1 aromatic heterocycles. The van der Waals surface area contributed by atoms with Gasteiger partial charge in [0.05, 0.1) is 28.5 Å². The average molecular weight is 429 g/mol. The van der Waals surface area contributed by atoms with E-state index in [1.807, 2.05) is 48.5 Å². The van der Waals surface area contributed by atoms with Gasteiger partial charge in [-0.25, -0.2) is 4.98 Å². The number of benzene rings is 2. The molecule has 0 spiro atoms. The molecule has 7 heteroatoms. The van der Waals surface area contributed by atoms with Crippen molar-refractivity contribution < 1.29 is 4.74 Å². The van der Waals surface area contributed by atoms with Gasteiger partial charge in [0.25, 0.3) is 0 Å². The SMILES string of the molecule is COc1cc(Nc2cccc(-c3c(Cl)cccc3Cl)n2)ccc1N1CCNCC1. The van der Waals surface area contributed by atoms with Gasteiger partial charge < -0.3 is 20.3 Å². The lowest BCUT2D eigenvalue weighted by Crippen LogP contribution is -2.43. The van der Waals surface area contributed by atoms with E-state index in [4.69, 9.17) is 27.9 Å². The Morgan fingerprint density at radius 2 is 1.72 bits per heavy atom. The standard InChI is InChI=1S/C22H22Cl2N4O/c1-29-20-14-15(8-9-19(20)28-12-10-25-11-13-28)26-21-7-3-6-18(27-21)22-16(23)4-2-5-17(22)24/h2-9,14,25H,10-13H2,1H3,(H,26,27). The number of methoxy groups -OCH3 is 1. The van der Waals surface area contributed by atoms with Gasteiger partial charge in [0.2, 0.25) is 0 Å². The number of ether oxygens (including phenoxy) is 1. The predicted octanol–water partition coefficient (Wildman–Crippen LogP) is 5.22. The highest BCUT2D eigenvalue weighted by Crippen LogP contribution is 2.35. The molecule has 0 radical (unpaired) electrons. The fraction of sp³-hybridized carbons (Fsp3) is 0.227. The summed E-state index contributed by atoms with van der Waals surface area (Å²) in [6.07, 6.45) is 0. The van der Waals surface area contributed by atoms with E-state index in [1.54, 1.807) is 7.11 Å². The molecule has 0 saturated carbocycles. The molecule has 5 nitrogen and oxygen atoms in total. The highest BCUT2D eigenvalue weighted by atomic mass is 35.5. The van der Waals surface area contributed by atoms with Crippen molar-refractivity contribution in [3.05, 3.63) is 64.6 Å². The Bertz CT molecular complexity index is 986. The molecule has 2 heterocycles. The third-order valence-electron chi connectivity index (χ3n) is 4.88. The minimum Gasteiger partial charge on any atom is -0.495 e. The van der Waals surface area contributed by atoms with Crippen molar-refractivity contribution in [1.82, 2.24) is 10.3 Å². The van der Waals surface area contributed by atoms with E-state index >= 15 is 0 Å². The highest BCUT2D eigenvalue weighted by Gasteiger charge is 2.16. The number of hydrogen-bond donors (Lipinski definition) is 2. The summed E-state index contributed by atoms with van der Waals surface area (Å²) in [6.45, 7) is 3.88. The fourth-order valence-electron chi connectivity index (χ4n) is 3.46. The topological polar surface area (TPSA) is 49.4 Å². The number of rotatable bonds is 5. The molecule has 0 bridgehead atoms. The molecule has 2 N–H and O–H groups in total. The van der Waals surface area contributed by atoms with Crippen LogP contribution in [0.3, 0.4) is 0 Å². The first-order valence-corrected chi connectivity index (χ1v) is 10.2. The van der Waals surface area contributed by atoms with Gasteiger partial charge in [-0.15, -0.1) is 0 Å². The molecule has 0 amide bonds. The first kappa shape index (κ1) is 19.8. The maximum Gasteiger partial charge on any atom is 0.144 e. The smallest absolute Gasteiger partial charge is 0.144 e. The minimum absolute atomic E-state index is 0.573. The van der Waals surface area contributed by atoms with Gasteiger partial charge in [-0.3, -0.25) is 0 Å². The molecule has 0 atom stereocenters. The van der Waals surface area contributed by atoms with E-state index in [0.29, 0.717) is 15.9 Å². The summed E-state index contributed by atoms with van der Waals surface area (Å²) in [5, 5.41) is 7.87. The van der Waals surface area contributed by atoms with Crippen molar-refractivity contribution in [2.24, 2.45) is 0 Å². The second-order valence-electron chi connectivity index (χ2n) is 6.75. The van der Waals surface area contributed by atoms with E-state index in [-0.39, 0.29) is 0 Å². The van der Waals surface area contributed by atoms with Crippen LogP contribution >= 0.6 is 23.2 Å². The van der Waals surface area contributed by atoms with Gasteiger partial charge in [0, 0.05) is 43.5 Å². The Morgan fingerprint density at radius 1 is 1.00 bits per heavy atom. The van der Waals surface area contributed by atoms with Crippen LogP contribution in [0.2, 0.25) is 10.0 Å². The summed E-state index contributed by atoms with van der Waals surface area (Å²) in [5.74, 6) is 1.54. The number of nitrogens with one attached hydrogen (secondary N) is 2. The van der Waals surface area contributed by atoms with E-state index in [0.717, 1.165) is 54.6 Å². The van der Waals surface area contributed by atoms with Gasteiger partial charge in [-0.1, -0.05) is 35.3 Å². The Morgan fingerprint density at radius 3 is 2.45 bits per heavy atom. The number of hydrogen-bond acceptors (Lipinski definition) is 5. The lowest BCUT2D eigenvalue weighted by Gasteiger charge is -2.30. The molecule has 1 fully saturated rings. The first-order chi connectivity index (χ1) is 14.2. The summed E-state index contributed by atoms with van der Waals surface area (Å²) < 4.78 is 5.64. The van der Waals surface area contributed by atoms with Crippen molar-refractivity contribution in [2.45, 2.75) is 0 Å². The molecule has 150 valence electrons. The van der Waals surface area contributed by atoms with Crippen molar-refractivity contribution in [1.29, 1.82) is 0 Å². The third-order valence-corrected chi connectivity index (χ3v) is 5.51. The number of anilines is 3. The van der Waals surface area contributed by atoms with Crippen molar-refractivity contribution in [2.75, 3.05) is 43.5 Å². The maximum absolute atomic E-state index is 6.34. The van der Waals surface area contributed by atoms with Gasteiger partial charge in [-0.2, -0.15) is 0 Å². The van der Waals surface area contributed by atoms with Crippen LogP contribution in [-0.2, 0) is 0 Å². The monoisotopic (exact) mass is 428 g/mol. The molecular formula is C22H22Cl2N4O. The summed E-state index contributed by atoms with van der Waals surface area (Å²) in [7, 11) is 1.70. The van der Waals surface area contributed by atoms with Crippen LogP contribution in [0.15, 0.2) is 54.6 Å². The Kier molecular flexibility index (Phi) is 6.09. The van der Waals surface area contributed by atoms with E-state index < -0.39 is 0 Å². The quantitative estimate of drug-likeness (QED) is 0.583. The number of nitrogens with zero attached hydrogens (tertiary/aromatic N) is 2. The fourth-order valence-corrected chi connectivity index (χ4v) is 4.05. The lowest BCUT2D eigenvalue weighted by atomic mass is 10.1. The van der Waals surface area contributed by atoms with Crippen LogP contribution in [0.1, 0.15) is 0 Å². The maximum atomic E-state index is 6.34. The van der Waals surface area contributed by atoms with E-state index in [2.05, 4.69) is 26.6 Å². The normalized spacial score (nSPS) is 14.0. The molecule has 1 saturated heterocycles. The van der Waals surface area contributed by atoms with Crippen LogP contribution in [0.25, 0.3) is 11.3 Å². The largest absolute Gasteiger partial charge is 0.495 e. The van der Waals surface area contributed by atoms with Crippen LogP contribution in [0, 0.1) is 0 Å². The average Bonchev–Trinajstić information content (AvgIpc) is 2.74. The second-order valence-corrected chi connectivity index (χ2v) is 7.57. The Balaban J connectivity index is 1.60. The molecule has 4 rings (SSSR count). The molecule has 2 aromatic carbocycles. The Labute approximate surface area is 180 Å². The molecule has 29 heavy (non-hydrogen) atoms. The lowest BCUT2D eigenvalue weighted by molar-refractivity contribution is 0.413. The van der Waals surface area contributed by atoms with E-state index in [1.165, 1.54) is 0 Å².